The summed E-state index contributed by atoms with van der Waals surface area (Å²) in [6.07, 6.45) is 6.88. The first-order valence-corrected chi connectivity index (χ1v) is 7.48. The highest BCUT2D eigenvalue weighted by atomic mass is 16.5. The summed E-state index contributed by atoms with van der Waals surface area (Å²) in [6.45, 7) is 9.71. The van der Waals surface area contributed by atoms with Gasteiger partial charge in [0.15, 0.2) is 0 Å². The minimum absolute atomic E-state index is 0.640. The fourth-order valence-corrected chi connectivity index (χ4v) is 2.76. The number of aryl methyl sites for hydroxylation is 3. The second kappa shape index (κ2) is 6.27. The molecule has 1 nitrogen and oxygen atoms in total. The van der Waals surface area contributed by atoms with Crippen LogP contribution >= 0.6 is 0 Å². The van der Waals surface area contributed by atoms with Gasteiger partial charge < -0.3 is 4.74 Å². The van der Waals surface area contributed by atoms with Crippen LogP contribution in [-0.4, -0.2) is 6.61 Å². The molecule has 1 aromatic rings. The molecule has 104 valence electrons. The fraction of sp³-hybridized carbons (Fsp3) is 0.556. The molecule has 1 aliphatic rings. The smallest absolute Gasteiger partial charge is 0.0920 e. The average molecular weight is 258 g/mol. The molecule has 1 unspecified atom stereocenters. The standard InChI is InChI=1S/C18H26O/c1-5-6-18-8-7-16(12-19-18)11-17-10-14(3)13(2)9-15(17)4/h8-10,16H,5-7,11-12H2,1-4H3. The van der Waals surface area contributed by atoms with E-state index in [2.05, 4.69) is 45.9 Å². The van der Waals surface area contributed by atoms with Crippen molar-refractivity contribution in [3.63, 3.8) is 0 Å². The first kappa shape index (κ1) is 14.2. The number of rotatable bonds is 4. The van der Waals surface area contributed by atoms with E-state index in [4.69, 9.17) is 4.74 Å². The number of hydrogen-bond acceptors (Lipinski definition) is 1. The lowest BCUT2D eigenvalue weighted by atomic mass is 9.90. The van der Waals surface area contributed by atoms with Gasteiger partial charge in [-0.25, -0.2) is 0 Å². The van der Waals surface area contributed by atoms with Crippen LogP contribution in [0.3, 0.4) is 0 Å². The van der Waals surface area contributed by atoms with E-state index >= 15 is 0 Å². The Morgan fingerprint density at radius 1 is 1.11 bits per heavy atom. The van der Waals surface area contributed by atoms with Crippen LogP contribution in [0.25, 0.3) is 0 Å². The maximum absolute atomic E-state index is 5.86. The molecule has 1 heterocycles. The molecule has 0 saturated carbocycles. The molecule has 1 heteroatoms. The largest absolute Gasteiger partial charge is 0.498 e. The second-order valence-electron chi connectivity index (χ2n) is 5.90. The Kier molecular flexibility index (Phi) is 4.68. The zero-order chi connectivity index (χ0) is 13.8. The predicted molar refractivity (Wildman–Crippen MR) is 81.4 cm³/mol. The summed E-state index contributed by atoms with van der Waals surface area (Å²) in [4.78, 5) is 0. The van der Waals surface area contributed by atoms with E-state index in [1.807, 2.05) is 0 Å². The predicted octanol–water partition coefficient (Wildman–Crippen LogP) is 4.87. The van der Waals surface area contributed by atoms with Crippen LogP contribution in [0.4, 0.5) is 0 Å². The summed E-state index contributed by atoms with van der Waals surface area (Å²) in [7, 11) is 0. The Balaban J connectivity index is 2.01. The van der Waals surface area contributed by atoms with Gasteiger partial charge >= 0.3 is 0 Å². The molecule has 1 aliphatic heterocycles. The van der Waals surface area contributed by atoms with Gasteiger partial charge in [-0.05, 0) is 68.4 Å². The van der Waals surface area contributed by atoms with Gasteiger partial charge in [0.2, 0.25) is 0 Å². The van der Waals surface area contributed by atoms with Crippen molar-refractivity contribution in [2.45, 2.75) is 53.4 Å². The van der Waals surface area contributed by atoms with Crippen molar-refractivity contribution in [3.05, 3.63) is 46.2 Å². The Hall–Kier alpha value is -1.24. The molecule has 19 heavy (non-hydrogen) atoms. The highest BCUT2D eigenvalue weighted by Gasteiger charge is 2.16. The van der Waals surface area contributed by atoms with Crippen LogP contribution in [0.2, 0.25) is 0 Å². The number of allylic oxidation sites excluding steroid dienone is 2. The van der Waals surface area contributed by atoms with Crippen molar-refractivity contribution in [1.29, 1.82) is 0 Å². The number of hydrogen-bond donors (Lipinski definition) is 0. The normalized spacial score (nSPS) is 18.9. The van der Waals surface area contributed by atoms with Crippen LogP contribution in [0.1, 0.15) is 48.4 Å². The molecule has 0 amide bonds. The molecule has 0 radical (unpaired) electrons. The average Bonchev–Trinajstić information content (AvgIpc) is 2.38. The van der Waals surface area contributed by atoms with Gasteiger partial charge in [-0.2, -0.15) is 0 Å². The molecule has 1 aromatic carbocycles. The molecule has 0 aliphatic carbocycles. The summed E-state index contributed by atoms with van der Waals surface area (Å²) < 4.78 is 5.86. The molecule has 2 rings (SSSR count). The van der Waals surface area contributed by atoms with Crippen LogP contribution in [-0.2, 0) is 11.2 Å². The van der Waals surface area contributed by atoms with Crippen molar-refractivity contribution in [1.82, 2.24) is 0 Å². The molecule has 0 fully saturated rings. The SMILES string of the molecule is CCCC1=CCC(Cc2cc(C)c(C)cc2C)CO1. The van der Waals surface area contributed by atoms with Crippen molar-refractivity contribution in [2.24, 2.45) is 5.92 Å². The van der Waals surface area contributed by atoms with Gasteiger partial charge in [-0.3, -0.25) is 0 Å². The summed E-state index contributed by atoms with van der Waals surface area (Å²) in [5.41, 5.74) is 5.71. The van der Waals surface area contributed by atoms with E-state index in [9.17, 15) is 0 Å². The van der Waals surface area contributed by atoms with Crippen molar-refractivity contribution < 1.29 is 4.74 Å². The van der Waals surface area contributed by atoms with E-state index in [0.29, 0.717) is 5.92 Å². The Morgan fingerprint density at radius 2 is 1.84 bits per heavy atom. The zero-order valence-electron chi connectivity index (χ0n) is 12.8. The fourth-order valence-electron chi connectivity index (χ4n) is 2.76. The third-order valence-corrected chi connectivity index (χ3v) is 4.14. The van der Waals surface area contributed by atoms with Gasteiger partial charge in [-0.15, -0.1) is 0 Å². The zero-order valence-corrected chi connectivity index (χ0v) is 12.8. The lowest BCUT2D eigenvalue weighted by Gasteiger charge is -2.24. The molecule has 0 saturated heterocycles. The van der Waals surface area contributed by atoms with Crippen molar-refractivity contribution >= 4 is 0 Å². The molecular formula is C18H26O. The van der Waals surface area contributed by atoms with Gasteiger partial charge in [0.05, 0.1) is 12.4 Å². The summed E-state index contributed by atoms with van der Waals surface area (Å²) in [5.74, 6) is 1.84. The maximum Gasteiger partial charge on any atom is 0.0920 e. The monoisotopic (exact) mass is 258 g/mol. The molecule has 0 aromatic heterocycles. The van der Waals surface area contributed by atoms with Gasteiger partial charge in [0.1, 0.15) is 0 Å². The number of benzene rings is 1. The van der Waals surface area contributed by atoms with E-state index in [1.54, 1.807) is 0 Å². The summed E-state index contributed by atoms with van der Waals surface area (Å²) >= 11 is 0. The van der Waals surface area contributed by atoms with Gasteiger partial charge in [-0.1, -0.05) is 19.1 Å². The highest BCUT2D eigenvalue weighted by molar-refractivity contribution is 5.36. The van der Waals surface area contributed by atoms with Gasteiger partial charge in [0.25, 0.3) is 0 Å². The van der Waals surface area contributed by atoms with Crippen molar-refractivity contribution in [2.75, 3.05) is 6.61 Å². The third kappa shape index (κ3) is 3.62. The Labute approximate surface area is 117 Å². The maximum atomic E-state index is 5.86. The minimum Gasteiger partial charge on any atom is -0.498 e. The quantitative estimate of drug-likeness (QED) is 0.748. The molecule has 1 atom stereocenters. The highest BCUT2D eigenvalue weighted by Crippen LogP contribution is 2.25. The minimum atomic E-state index is 0.640. The molecule has 0 bridgehead atoms. The molecule has 0 spiro atoms. The van der Waals surface area contributed by atoms with E-state index in [1.165, 1.54) is 40.9 Å². The first-order chi connectivity index (χ1) is 9.10. The lowest BCUT2D eigenvalue weighted by Crippen LogP contribution is -2.17. The lowest BCUT2D eigenvalue weighted by molar-refractivity contribution is 0.138. The Bertz CT molecular complexity index is 471. The van der Waals surface area contributed by atoms with E-state index < -0.39 is 0 Å². The number of ether oxygens (including phenoxy) is 1. The topological polar surface area (TPSA) is 9.23 Å². The summed E-state index contributed by atoms with van der Waals surface area (Å²) in [6, 6.07) is 4.67. The van der Waals surface area contributed by atoms with Crippen LogP contribution in [0, 0.1) is 26.7 Å². The summed E-state index contributed by atoms with van der Waals surface area (Å²) in [5, 5.41) is 0. The molecule has 0 N–H and O–H groups in total. The van der Waals surface area contributed by atoms with Crippen LogP contribution in [0.15, 0.2) is 24.0 Å². The van der Waals surface area contributed by atoms with E-state index in [-0.39, 0.29) is 0 Å². The first-order valence-electron chi connectivity index (χ1n) is 7.48. The van der Waals surface area contributed by atoms with Crippen LogP contribution < -0.4 is 0 Å². The Morgan fingerprint density at radius 3 is 2.47 bits per heavy atom. The van der Waals surface area contributed by atoms with Crippen molar-refractivity contribution in [3.8, 4) is 0 Å². The van der Waals surface area contributed by atoms with Gasteiger partial charge in [0, 0.05) is 12.3 Å². The third-order valence-electron chi connectivity index (χ3n) is 4.14. The molecular weight excluding hydrogens is 232 g/mol. The second-order valence-corrected chi connectivity index (χ2v) is 5.90. The van der Waals surface area contributed by atoms with Crippen LogP contribution in [0.5, 0.6) is 0 Å². The van der Waals surface area contributed by atoms with E-state index in [0.717, 1.165) is 19.4 Å².